The highest BCUT2D eigenvalue weighted by molar-refractivity contribution is 7.91. The molecule has 2 atom stereocenters. The number of sulfone groups is 1. The van der Waals surface area contributed by atoms with Crippen LogP contribution in [0.3, 0.4) is 0 Å². The van der Waals surface area contributed by atoms with Gasteiger partial charge in [0.2, 0.25) is 0 Å². The van der Waals surface area contributed by atoms with Crippen molar-refractivity contribution in [3.63, 3.8) is 0 Å². The summed E-state index contributed by atoms with van der Waals surface area (Å²) in [6.45, 7) is 4.97. The van der Waals surface area contributed by atoms with Crippen molar-refractivity contribution in [1.29, 1.82) is 0 Å². The first-order chi connectivity index (χ1) is 9.43. The molecule has 1 N–H and O–H groups in total. The van der Waals surface area contributed by atoms with Gasteiger partial charge >= 0.3 is 0 Å². The zero-order chi connectivity index (χ0) is 14.8. The Bertz CT molecular complexity index is 551. The molecule has 6 heteroatoms. The van der Waals surface area contributed by atoms with Crippen LogP contribution in [0.25, 0.3) is 0 Å². The van der Waals surface area contributed by atoms with Crippen LogP contribution in [0.5, 0.6) is 0 Å². The normalized spacial score (nSPS) is 23.1. The number of nitrogens with zero attached hydrogens (tertiary/aromatic N) is 2. The summed E-state index contributed by atoms with van der Waals surface area (Å²) in [7, 11) is -0.824. The lowest BCUT2D eigenvalue weighted by atomic mass is 9.96. The Morgan fingerprint density at radius 1 is 1.55 bits per heavy atom. The average molecular weight is 299 g/mol. The SMILES string of the molecule is CCn1nc(C)cc1CC(CC1CCS(=O)(=O)C1)NC. The van der Waals surface area contributed by atoms with Crippen molar-refractivity contribution in [3.8, 4) is 0 Å². The third-order valence-corrected chi connectivity index (χ3v) is 5.93. The van der Waals surface area contributed by atoms with Crippen LogP contribution in [-0.4, -0.2) is 42.8 Å². The number of nitrogens with one attached hydrogen (secondary N) is 1. The highest BCUT2D eigenvalue weighted by Gasteiger charge is 2.29. The molecule has 2 rings (SSSR count). The zero-order valence-electron chi connectivity index (χ0n) is 12.6. The Morgan fingerprint density at radius 3 is 2.85 bits per heavy atom. The first-order valence-corrected chi connectivity index (χ1v) is 9.16. The highest BCUT2D eigenvalue weighted by Crippen LogP contribution is 2.24. The number of hydrogen-bond acceptors (Lipinski definition) is 4. The second kappa shape index (κ2) is 6.26. The molecule has 1 saturated heterocycles. The minimum absolute atomic E-state index is 0.302. The third-order valence-electron chi connectivity index (χ3n) is 4.09. The lowest BCUT2D eigenvalue weighted by molar-refractivity contribution is 0.414. The van der Waals surface area contributed by atoms with Gasteiger partial charge in [-0.25, -0.2) is 8.42 Å². The molecule has 114 valence electrons. The molecule has 20 heavy (non-hydrogen) atoms. The summed E-state index contributed by atoms with van der Waals surface area (Å²) in [6.07, 6.45) is 2.64. The van der Waals surface area contributed by atoms with Gasteiger partial charge in [-0.2, -0.15) is 5.10 Å². The Morgan fingerprint density at radius 2 is 2.30 bits per heavy atom. The molecule has 1 aliphatic rings. The van der Waals surface area contributed by atoms with E-state index in [2.05, 4.69) is 23.4 Å². The van der Waals surface area contributed by atoms with Crippen LogP contribution >= 0.6 is 0 Å². The first kappa shape index (κ1) is 15.5. The van der Waals surface area contributed by atoms with E-state index in [1.54, 1.807) is 0 Å². The quantitative estimate of drug-likeness (QED) is 0.856. The fraction of sp³-hybridized carbons (Fsp3) is 0.786. The van der Waals surface area contributed by atoms with Crippen molar-refractivity contribution in [2.75, 3.05) is 18.6 Å². The van der Waals surface area contributed by atoms with Gasteiger partial charge in [0.1, 0.15) is 0 Å². The van der Waals surface area contributed by atoms with Gasteiger partial charge in [0.25, 0.3) is 0 Å². The summed E-state index contributed by atoms with van der Waals surface area (Å²) >= 11 is 0. The van der Waals surface area contributed by atoms with Gasteiger partial charge in [0.05, 0.1) is 17.2 Å². The first-order valence-electron chi connectivity index (χ1n) is 7.34. The van der Waals surface area contributed by atoms with Crippen LogP contribution in [0.1, 0.15) is 31.2 Å². The van der Waals surface area contributed by atoms with Crippen LogP contribution in [0, 0.1) is 12.8 Å². The number of rotatable bonds is 6. The smallest absolute Gasteiger partial charge is 0.150 e. The van der Waals surface area contributed by atoms with Crippen molar-refractivity contribution >= 4 is 9.84 Å². The molecule has 0 aromatic carbocycles. The van der Waals surface area contributed by atoms with Gasteiger partial charge in [-0.05, 0) is 45.7 Å². The standard InChI is InChI=1S/C14H25N3O2S/c1-4-17-14(7-11(2)16-17)9-13(15-3)8-12-5-6-20(18,19)10-12/h7,12-13,15H,4-6,8-10H2,1-3H3. The molecule has 0 radical (unpaired) electrons. The van der Waals surface area contributed by atoms with Crippen LogP contribution in [0.4, 0.5) is 0 Å². The second-order valence-electron chi connectivity index (χ2n) is 5.79. The van der Waals surface area contributed by atoms with Gasteiger partial charge in [-0.3, -0.25) is 4.68 Å². The summed E-state index contributed by atoms with van der Waals surface area (Å²) in [4.78, 5) is 0. The number of aromatic nitrogens is 2. The molecular formula is C14H25N3O2S. The van der Waals surface area contributed by atoms with E-state index in [1.807, 2.05) is 18.7 Å². The lowest BCUT2D eigenvalue weighted by Crippen LogP contribution is -2.31. The molecule has 2 unspecified atom stereocenters. The minimum Gasteiger partial charge on any atom is -0.317 e. The molecule has 0 spiro atoms. The van der Waals surface area contributed by atoms with E-state index in [1.165, 1.54) is 5.69 Å². The molecule has 1 aliphatic heterocycles. The van der Waals surface area contributed by atoms with Crippen LogP contribution in [0.15, 0.2) is 6.07 Å². The molecule has 0 saturated carbocycles. The summed E-state index contributed by atoms with van der Waals surface area (Å²) in [6, 6.07) is 2.44. The minimum atomic E-state index is -2.78. The Balaban J connectivity index is 1.98. The van der Waals surface area contributed by atoms with Crippen LogP contribution in [-0.2, 0) is 22.8 Å². The summed E-state index contributed by atoms with van der Waals surface area (Å²) in [5, 5.41) is 7.79. The third kappa shape index (κ3) is 3.82. The number of aryl methyl sites for hydroxylation is 2. The van der Waals surface area contributed by atoms with E-state index in [9.17, 15) is 8.42 Å². The van der Waals surface area contributed by atoms with E-state index in [0.717, 1.165) is 31.5 Å². The maximum atomic E-state index is 11.5. The van der Waals surface area contributed by atoms with Crippen molar-refractivity contribution < 1.29 is 8.42 Å². The van der Waals surface area contributed by atoms with Crippen molar-refractivity contribution in [3.05, 3.63) is 17.5 Å². The van der Waals surface area contributed by atoms with Gasteiger partial charge in [-0.15, -0.1) is 0 Å². The van der Waals surface area contributed by atoms with Gasteiger partial charge < -0.3 is 5.32 Å². The van der Waals surface area contributed by atoms with Gasteiger partial charge in [-0.1, -0.05) is 0 Å². The predicted octanol–water partition coefficient (Wildman–Crippen LogP) is 1.17. The molecule has 0 amide bonds. The monoisotopic (exact) mass is 299 g/mol. The average Bonchev–Trinajstić information content (AvgIpc) is 2.91. The van der Waals surface area contributed by atoms with E-state index in [-0.39, 0.29) is 0 Å². The van der Waals surface area contributed by atoms with Crippen molar-refractivity contribution in [2.45, 2.75) is 45.7 Å². The molecule has 1 aromatic heterocycles. The Kier molecular flexibility index (Phi) is 4.86. The largest absolute Gasteiger partial charge is 0.317 e. The summed E-state index contributed by atoms with van der Waals surface area (Å²) in [5.41, 5.74) is 2.27. The number of likely N-dealkylation sites (N-methyl/N-ethyl adjacent to an activating group) is 1. The van der Waals surface area contributed by atoms with Crippen LogP contribution < -0.4 is 5.32 Å². The second-order valence-corrected chi connectivity index (χ2v) is 8.02. The van der Waals surface area contributed by atoms with E-state index in [0.29, 0.717) is 23.5 Å². The lowest BCUT2D eigenvalue weighted by Gasteiger charge is -2.19. The fourth-order valence-electron chi connectivity index (χ4n) is 3.05. The molecular weight excluding hydrogens is 274 g/mol. The summed E-state index contributed by atoms with van der Waals surface area (Å²) in [5.74, 6) is 1.02. The fourth-order valence-corrected chi connectivity index (χ4v) is 4.93. The molecule has 1 aromatic rings. The summed E-state index contributed by atoms with van der Waals surface area (Å²) < 4.78 is 25.1. The Labute approximate surface area is 121 Å². The van der Waals surface area contributed by atoms with Crippen molar-refractivity contribution in [2.24, 2.45) is 5.92 Å². The number of hydrogen-bond donors (Lipinski definition) is 1. The maximum absolute atomic E-state index is 11.5. The predicted molar refractivity (Wildman–Crippen MR) is 80.6 cm³/mol. The van der Waals surface area contributed by atoms with Crippen molar-refractivity contribution in [1.82, 2.24) is 15.1 Å². The molecule has 0 bridgehead atoms. The zero-order valence-corrected chi connectivity index (χ0v) is 13.4. The molecule has 0 aliphatic carbocycles. The molecule has 5 nitrogen and oxygen atoms in total. The van der Waals surface area contributed by atoms with E-state index < -0.39 is 9.84 Å². The Hall–Kier alpha value is -0.880. The van der Waals surface area contributed by atoms with Gasteiger partial charge in [0, 0.05) is 24.7 Å². The molecule has 1 fully saturated rings. The van der Waals surface area contributed by atoms with E-state index >= 15 is 0 Å². The molecule has 2 heterocycles. The van der Waals surface area contributed by atoms with Gasteiger partial charge in [0.15, 0.2) is 9.84 Å². The van der Waals surface area contributed by atoms with E-state index in [4.69, 9.17) is 0 Å². The van der Waals surface area contributed by atoms with Crippen LogP contribution in [0.2, 0.25) is 0 Å². The topological polar surface area (TPSA) is 64.0 Å². The maximum Gasteiger partial charge on any atom is 0.150 e. The highest BCUT2D eigenvalue weighted by atomic mass is 32.2.